The Kier molecular flexibility index (Phi) is 6.14. The van der Waals surface area contributed by atoms with Crippen molar-refractivity contribution in [3.05, 3.63) is 32.9 Å². The summed E-state index contributed by atoms with van der Waals surface area (Å²) in [6.07, 6.45) is 4.57. The van der Waals surface area contributed by atoms with E-state index in [9.17, 15) is 18.8 Å². The molecule has 0 aromatic carbocycles. The lowest BCUT2D eigenvalue weighted by molar-refractivity contribution is 0.239. The summed E-state index contributed by atoms with van der Waals surface area (Å²) in [5.41, 5.74) is -1.84. The molecule has 1 heterocycles. The van der Waals surface area contributed by atoms with E-state index in [4.69, 9.17) is 0 Å². The van der Waals surface area contributed by atoms with Gasteiger partial charge in [-0.1, -0.05) is 26.2 Å². The summed E-state index contributed by atoms with van der Waals surface area (Å²) < 4.78 is 14.7. The first kappa shape index (κ1) is 16.1. The van der Waals surface area contributed by atoms with Gasteiger partial charge >= 0.3 is 11.7 Å². The first-order valence-corrected chi connectivity index (χ1v) is 6.83. The van der Waals surface area contributed by atoms with Gasteiger partial charge in [0.15, 0.2) is 0 Å². The number of amides is 1. The summed E-state index contributed by atoms with van der Waals surface area (Å²) >= 11 is 0. The number of nitrogens with zero attached hydrogens (tertiary/aromatic N) is 2. The van der Waals surface area contributed by atoms with Gasteiger partial charge in [0.2, 0.25) is 5.82 Å². The summed E-state index contributed by atoms with van der Waals surface area (Å²) in [5.74, 6) is -1.12. The molecule has 0 radical (unpaired) electrons. The Morgan fingerprint density at radius 1 is 1.30 bits per heavy atom. The fraction of sp³-hybridized carbons (Fsp3) is 0.615. The van der Waals surface area contributed by atoms with Crippen LogP contribution in [0.25, 0.3) is 0 Å². The van der Waals surface area contributed by atoms with E-state index in [1.807, 2.05) is 0 Å². The molecule has 0 aliphatic carbocycles. The molecule has 0 unspecified atom stereocenters. The Morgan fingerprint density at radius 2 is 2.00 bits per heavy atom. The summed E-state index contributed by atoms with van der Waals surface area (Å²) in [7, 11) is 0. The average Bonchev–Trinajstić information content (AvgIpc) is 2.43. The smallest absolute Gasteiger partial charge is 0.337 e. The molecule has 1 N–H and O–H groups in total. The van der Waals surface area contributed by atoms with E-state index in [0.29, 0.717) is 21.9 Å². The van der Waals surface area contributed by atoms with E-state index in [-0.39, 0.29) is 7.97 Å². The SMILES string of the molecule is CCCCCCNC(=O)n1cc(F)c(=O)n(CC)c1=O.[HH]. The van der Waals surface area contributed by atoms with Crippen molar-refractivity contribution in [3.8, 4) is 0 Å². The highest BCUT2D eigenvalue weighted by Gasteiger charge is 2.14. The second-order valence-corrected chi connectivity index (χ2v) is 4.47. The number of halogens is 1. The number of rotatable bonds is 6. The monoisotopic (exact) mass is 287 g/mol. The van der Waals surface area contributed by atoms with Crippen LogP contribution in [0.4, 0.5) is 9.18 Å². The van der Waals surface area contributed by atoms with Crippen molar-refractivity contribution in [2.75, 3.05) is 6.54 Å². The van der Waals surface area contributed by atoms with Gasteiger partial charge in [0.1, 0.15) is 0 Å². The fourth-order valence-corrected chi connectivity index (χ4v) is 1.83. The number of unbranched alkanes of at least 4 members (excludes halogenated alkanes) is 3. The van der Waals surface area contributed by atoms with Crippen LogP contribution >= 0.6 is 0 Å². The molecular weight excluding hydrogens is 265 g/mol. The van der Waals surface area contributed by atoms with Crippen LogP contribution in [-0.2, 0) is 6.54 Å². The fourth-order valence-electron chi connectivity index (χ4n) is 1.83. The standard InChI is InChI=1S/C13H20FN3O3.H2/c1-3-5-6-7-8-15-12(19)17-9-10(14)11(18)16(4-2)13(17)20;/h9H,3-8H2,1-2H3,(H,15,19);1H. The van der Waals surface area contributed by atoms with Gasteiger partial charge in [0, 0.05) is 14.5 Å². The van der Waals surface area contributed by atoms with Crippen LogP contribution in [0.2, 0.25) is 0 Å². The van der Waals surface area contributed by atoms with Gasteiger partial charge in [0.25, 0.3) is 5.56 Å². The molecule has 0 aliphatic rings. The molecule has 0 atom stereocenters. The third-order valence-corrected chi connectivity index (χ3v) is 2.97. The minimum atomic E-state index is -1.12. The molecule has 1 aromatic rings. The van der Waals surface area contributed by atoms with Crippen LogP contribution < -0.4 is 16.6 Å². The Labute approximate surface area is 117 Å². The quantitative estimate of drug-likeness (QED) is 0.807. The van der Waals surface area contributed by atoms with E-state index >= 15 is 0 Å². The molecule has 7 heteroatoms. The van der Waals surface area contributed by atoms with Gasteiger partial charge in [-0.25, -0.2) is 14.2 Å². The minimum absolute atomic E-state index is 0. The molecule has 6 nitrogen and oxygen atoms in total. The predicted molar refractivity (Wildman–Crippen MR) is 75.6 cm³/mol. The Bertz CT molecular complexity index is 583. The van der Waals surface area contributed by atoms with Gasteiger partial charge in [0.05, 0.1) is 6.20 Å². The van der Waals surface area contributed by atoms with Crippen LogP contribution in [0.5, 0.6) is 0 Å². The molecule has 0 aliphatic heterocycles. The third-order valence-electron chi connectivity index (χ3n) is 2.97. The van der Waals surface area contributed by atoms with Gasteiger partial charge in [-0.2, -0.15) is 4.39 Å². The second-order valence-electron chi connectivity index (χ2n) is 4.47. The van der Waals surface area contributed by atoms with E-state index in [1.165, 1.54) is 6.92 Å². The summed E-state index contributed by atoms with van der Waals surface area (Å²) in [5, 5.41) is 2.54. The maximum Gasteiger partial charge on any atom is 0.339 e. The molecule has 0 saturated carbocycles. The van der Waals surface area contributed by atoms with Crippen LogP contribution in [0.15, 0.2) is 15.8 Å². The van der Waals surface area contributed by atoms with E-state index in [1.54, 1.807) is 0 Å². The van der Waals surface area contributed by atoms with Gasteiger partial charge in [-0.05, 0) is 13.3 Å². The molecule has 20 heavy (non-hydrogen) atoms. The van der Waals surface area contributed by atoms with Crippen LogP contribution in [0.3, 0.4) is 0 Å². The van der Waals surface area contributed by atoms with Crippen molar-refractivity contribution >= 4 is 6.03 Å². The molecule has 0 bridgehead atoms. The highest BCUT2D eigenvalue weighted by atomic mass is 19.1. The zero-order valence-corrected chi connectivity index (χ0v) is 11.8. The largest absolute Gasteiger partial charge is 0.339 e. The Hall–Kier alpha value is -1.92. The van der Waals surface area contributed by atoms with E-state index in [0.717, 1.165) is 25.7 Å². The minimum Gasteiger partial charge on any atom is -0.337 e. The third kappa shape index (κ3) is 3.79. The average molecular weight is 287 g/mol. The van der Waals surface area contributed by atoms with Crippen LogP contribution in [0.1, 0.15) is 41.0 Å². The lowest BCUT2D eigenvalue weighted by Gasteiger charge is -2.09. The van der Waals surface area contributed by atoms with Gasteiger partial charge in [-0.15, -0.1) is 0 Å². The second kappa shape index (κ2) is 7.62. The van der Waals surface area contributed by atoms with Crippen molar-refractivity contribution in [3.63, 3.8) is 0 Å². The summed E-state index contributed by atoms with van der Waals surface area (Å²) in [4.78, 5) is 35.0. The number of nitrogens with one attached hydrogen (secondary N) is 1. The number of carbonyl (C=O) groups is 1. The van der Waals surface area contributed by atoms with E-state index in [2.05, 4.69) is 12.2 Å². The summed E-state index contributed by atoms with van der Waals surface area (Å²) in [6, 6.07) is -0.715. The van der Waals surface area contributed by atoms with Crippen LogP contribution in [-0.4, -0.2) is 21.7 Å². The molecule has 1 amide bonds. The molecule has 1 rings (SSSR count). The molecule has 0 spiro atoms. The lowest BCUT2D eigenvalue weighted by Crippen LogP contribution is -2.46. The number of hydrogen-bond donors (Lipinski definition) is 1. The number of carbonyl (C=O) groups excluding carboxylic acids is 1. The molecule has 114 valence electrons. The van der Waals surface area contributed by atoms with Crippen molar-refractivity contribution in [1.82, 2.24) is 14.5 Å². The van der Waals surface area contributed by atoms with Crippen molar-refractivity contribution in [1.29, 1.82) is 0 Å². The predicted octanol–water partition coefficient (Wildman–Crippen LogP) is 1.55. The first-order chi connectivity index (χ1) is 9.52. The zero-order valence-electron chi connectivity index (χ0n) is 11.8. The molecular formula is C13H22FN3O3. The lowest BCUT2D eigenvalue weighted by atomic mass is 10.2. The molecule has 0 fully saturated rings. The Morgan fingerprint density at radius 3 is 2.60 bits per heavy atom. The molecule has 0 saturated heterocycles. The van der Waals surface area contributed by atoms with Gasteiger partial charge in [-0.3, -0.25) is 9.36 Å². The van der Waals surface area contributed by atoms with Crippen molar-refractivity contribution < 1.29 is 10.6 Å². The highest BCUT2D eigenvalue weighted by molar-refractivity contribution is 5.76. The summed E-state index contributed by atoms with van der Waals surface area (Å²) in [6.45, 7) is 4.04. The maximum absolute atomic E-state index is 13.4. The first-order valence-electron chi connectivity index (χ1n) is 6.83. The highest BCUT2D eigenvalue weighted by Crippen LogP contribution is 1.97. The van der Waals surface area contributed by atoms with Gasteiger partial charge < -0.3 is 5.32 Å². The normalized spacial score (nSPS) is 10.6. The van der Waals surface area contributed by atoms with Crippen molar-refractivity contribution in [2.24, 2.45) is 0 Å². The molecule has 1 aromatic heterocycles. The topological polar surface area (TPSA) is 73.1 Å². The number of hydrogen-bond acceptors (Lipinski definition) is 3. The van der Waals surface area contributed by atoms with Crippen molar-refractivity contribution in [2.45, 2.75) is 46.1 Å². The van der Waals surface area contributed by atoms with E-state index < -0.39 is 23.1 Å². The number of aromatic nitrogens is 2. The van der Waals surface area contributed by atoms with Crippen LogP contribution in [0, 0.1) is 5.82 Å². The maximum atomic E-state index is 13.4. The zero-order chi connectivity index (χ0) is 15.1. The Balaban J connectivity index is 0.00000400.